The molecule has 164 valence electrons. The Hall–Kier alpha value is -3.80. The third-order valence-corrected chi connectivity index (χ3v) is 4.14. The second-order valence-corrected chi connectivity index (χ2v) is 7.70. The highest BCUT2D eigenvalue weighted by molar-refractivity contribution is 6.20. The number of hydrogen-bond acceptors (Lipinski definition) is 8. The molecule has 12 heteroatoms. The summed E-state index contributed by atoms with van der Waals surface area (Å²) in [7, 11) is 0. The predicted molar refractivity (Wildman–Crippen MR) is 105 cm³/mol. The maximum atomic E-state index is 12.6. The van der Waals surface area contributed by atoms with Crippen LogP contribution in [0.1, 0.15) is 41.5 Å². The van der Waals surface area contributed by atoms with Gasteiger partial charge in [-0.15, -0.1) is 5.06 Å². The monoisotopic (exact) mass is 431 g/mol. The average Bonchev–Trinajstić information content (AvgIpc) is 3.24. The standard InChI is InChI=1S/C19H21N5O7/c1-19(2,3)30-18(27)21-10-12(11-22-9-8-20-17(22)24(28)29)31-23-15(25)13-6-4-5-7-14(13)16(23)26/h4-9,12H,10-11H2,1-3H3,(H,21,27). The van der Waals surface area contributed by atoms with Gasteiger partial charge in [0.25, 0.3) is 11.8 Å². The van der Waals surface area contributed by atoms with Crippen LogP contribution in [0.5, 0.6) is 0 Å². The van der Waals surface area contributed by atoms with E-state index >= 15 is 0 Å². The van der Waals surface area contributed by atoms with E-state index in [0.717, 1.165) is 0 Å². The summed E-state index contributed by atoms with van der Waals surface area (Å²) >= 11 is 0. The normalized spacial score (nSPS) is 14.4. The lowest BCUT2D eigenvalue weighted by molar-refractivity contribution is -0.397. The lowest BCUT2D eigenvalue weighted by Gasteiger charge is -2.24. The fraction of sp³-hybridized carbons (Fsp3) is 0.368. The minimum absolute atomic E-state index is 0.167. The van der Waals surface area contributed by atoms with Gasteiger partial charge in [0, 0.05) is 0 Å². The van der Waals surface area contributed by atoms with Crippen molar-refractivity contribution in [3.8, 4) is 0 Å². The summed E-state index contributed by atoms with van der Waals surface area (Å²) in [6.45, 7) is 4.70. The summed E-state index contributed by atoms with van der Waals surface area (Å²) in [5.41, 5.74) is -0.383. The maximum absolute atomic E-state index is 12.6. The molecular weight excluding hydrogens is 410 g/mol. The Morgan fingerprint density at radius 1 is 1.23 bits per heavy atom. The van der Waals surface area contributed by atoms with Crippen LogP contribution in [0.4, 0.5) is 10.7 Å². The summed E-state index contributed by atoms with van der Waals surface area (Å²) in [5, 5.41) is 14.2. The van der Waals surface area contributed by atoms with Crippen LogP contribution in [0.15, 0.2) is 36.7 Å². The number of imide groups is 1. The van der Waals surface area contributed by atoms with Crippen molar-refractivity contribution in [2.45, 2.75) is 39.0 Å². The number of nitro groups is 1. The van der Waals surface area contributed by atoms with Gasteiger partial charge in [0.15, 0.2) is 0 Å². The molecule has 0 fully saturated rings. The van der Waals surface area contributed by atoms with Crippen LogP contribution in [-0.4, -0.2) is 55.7 Å². The molecule has 0 radical (unpaired) electrons. The molecule has 0 aliphatic carbocycles. The summed E-state index contributed by atoms with van der Waals surface area (Å²) in [6.07, 6.45) is 0.814. The molecule has 31 heavy (non-hydrogen) atoms. The molecule has 3 amide bonds. The van der Waals surface area contributed by atoms with Gasteiger partial charge in [-0.1, -0.05) is 17.1 Å². The number of fused-ring (bicyclic) bond motifs is 1. The number of carbonyl (C=O) groups is 3. The number of nitrogens with zero attached hydrogens (tertiary/aromatic N) is 4. The summed E-state index contributed by atoms with van der Waals surface area (Å²) in [5.74, 6) is -1.78. The highest BCUT2D eigenvalue weighted by Gasteiger charge is 2.38. The Morgan fingerprint density at radius 2 is 1.84 bits per heavy atom. The van der Waals surface area contributed by atoms with E-state index in [-0.39, 0.29) is 24.2 Å². The number of aromatic nitrogens is 2. The van der Waals surface area contributed by atoms with E-state index in [0.29, 0.717) is 5.06 Å². The Morgan fingerprint density at radius 3 is 2.39 bits per heavy atom. The van der Waals surface area contributed by atoms with Crippen molar-refractivity contribution in [3.63, 3.8) is 0 Å². The Labute approximate surface area is 176 Å². The first-order valence-electron chi connectivity index (χ1n) is 9.34. The molecule has 1 aliphatic rings. The van der Waals surface area contributed by atoms with Gasteiger partial charge in [-0.25, -0.2) is 9.36 Å². The topological polar surface area (TPSA) is 146 Å². The number of imidazole rings is 1. The van der Waals surface area contributed by atoms with Crippen LogP contribution in [-0.2, 0) is 16.1 Å². The molecule has 1 atom stereocenters. The van der Waals surface area contributed by atoms with Gasteiger partial charge in [0.1, 0.15) is 30.6 Å². The number of ether oxygens (including phenoxy) is 1. The highest BCUT2D eigenvalue weighted by atomic mass is 16.7. The molecule has 1 aromatic heterocycles. The maximum Gasteiger partial charge on any atom is 0.434 e. The quantitative estimate of drug-likeness (QED) is 0.397. The number of alkyl carbamates (subject to hydrolysis) is 1. The fourth-order valence-corrected chi connectivity index (χ4v) is 2.89. The van der Waals surface area contributed by atoms with Crippen molar-refractivity contribution in [1.29, 1.82) is 0 Å². The number of amides is 3. The SMILES string of the molecule is CC(C)(C)OC(=O)NCC(Cn1ccnc1[N+](=O)[O-])ON1C(=O)c2ccccc2C1=O. The summed E-state index contributed by atoms with van der Waals surface area (Å²) in [4.78, 5) is 56.9. The van der Waals surface area contributed by atoms with Crippen LogP contribution in [0.3, 0.4) is 0 Å². The Bertz CT molecular complexity index is 992. The minimum Gasteiger partial charge on any atom is -0.444 e. The number of carbonyl (C=O) groups excluding carboxylic acids is 3. The van der Waals surface area contributed by atoms with Crippen molar-refractivity contribution in [3.05, 3.63) is 57.9 Å². The third kappa shape index (κ3) is 5.04. The minimum atomic E-state index is -1.03. The van der Waals surface area contributed by atoms with Crippen molar-refractivity contribution in [2.75, 3.05) is 6.54 Å². The second-order valence-electron chi connectivity index (χ2n) is 7.70. The lowest BCUT2D eigenvalue weighted by atomic mass is 10.1. The van der Waals surface area contributed by atoms with Crippen LogP contribution < -0.4 is 5.32 Å². The van der Waals surface area contributed by atoms with E-state index in [9.17, 15) is 24.5 Å². The number of nitrogens with one attached hydrogen (secondary N) is 1. The highest BCUT2D eigenvalue weighted by Crippen LogP contribution is 2.24. The molecule has 3 rings (SSSR count). The predicted octanol–water partition coefficient (Wildman–Crippen LogP) is 1.91. The van der Waals surface area contributed by atoms with Crippen LogP contribution in [0, 0.1) is 10.1 Å². The molecule has 1 aliphatic heterocycles. The van der Waals surface area contributed by atoms with Crippen molar-refractivity contribution < 1.29 is 28.9 Å². The molecule has 0 bridgehead atoms. The fourth-order valence-electron chi connectivity index (χ4n) is 2.89. The van der Waals surface area contributed by atoms with Crippen LogP contribution >= 0.6 is 0 Å². The number of rotatable bonds is 7. The van der Waals surface area contributed by atoms with Gasteiger partial charge in [-0.2, -0.15) is 0 Å². The van der Waals surface area contributed by atoms with Crippen molar-refractivity contribution in [2.24, 2.45) is 0 Å². The van der Waals surface area contributed by atoms with Gasteiger partial charge in [-0.05, 0) is 37.8 Å². The van der Waals surface area contributed by atoms with Crippen LogP contribution in [0.25, 0.3) is 0 Å². The van der Waals surface area contributed by atoms with Gasteiger partial charge in [0.2, 0.25) is 0 Å². The van der Waals surface area contributed by atoms with Crippen LogP contribution in [0.2, 0.25) is 0 Å². The average molecular weight is 431 g/mol. The molecule has 0 saturated carbocycles. The number of benzene rings is 1. The molecule has 12 nitrogen and oxygen atoms in total. The van der Waals surface area contributed by atoms with Gasteiger partial charge in [0.05, 0.1) is 17.7 Å². The molecule has 0 saturated heterocycles. The van der Waals surface area contributed by atoms with Gasteiger partial charge in [-0.3, -0.25) is 14.4 Å². The number of hydrogen-bond donors (Lipinski definition) is 1. The van der Waals surface area contributed by atoms with E-state index in [2.05, 4.69) is 10.3 Å². The first kappa shape index (κ1) is 21.9. The Kier molecular flexibility index (Phi) is 6.02. The molecule has 0 spiro atoms. The summed E-state index contributed by atoms with van der Waals surface area (Å²) in [6, 6.07) is 6.22. The largest absolute Gasteiger partial charge is 0.444 e. The first-order valence-corrected chi connectivity index (χ1v) is 9.34. The van der Waals surface area contributed by atoms with E-state index < -0.39 is 40.5 Å². The van der Waals surface area contributed by atoms with Gasteiger partial charge >= 0.3 is 12.0 Å². The summed E-state index contributed by atoms with van der Waals surface area (Å²) < 4.78 is 6.35. The zero-order valence-electron chi connectivity index (χ0n) is 17.1. The van der Waals surface area contributed by atoms with E-state index in [1.165, 1.54) is 29.1 Å². The molecule has 1 N–H and O–H groups in total. The Balaban J connectivity index is 1.78. The van der Waals surface area contributed by atoms with E-state index in [4.69, 9.17) is 9.57 Å². The molecule has 1 aromatic carbocycles. The van der Waals surface area contributed by atoms with E-state index in [1.54, 1.807) is 32.9 Å². The molecular formula is C19H21N5O7. The van der Waals surface area contributed by atoms with Gasteiger partial charge < -0.3 is 20.2 Å². The van der Waals surface area contributed by atoms with Crippen molar-refractivity contribution in [1.82, 2.24) is 19.9 Å². The van der Waals surface area contributed by atoms with E-state index in [1.807, 2.05) is 0 Å². The molecule has 2 aromatic rings. The third-order valence-electron chi connectivity index (χ3n) is 4.14. The lowest BCUT2D eigenvalue weighted by Crippen LogP contribution is -2.43. The van der Waals surface area contributed by atoms with Crippen molar-refractivity contribution >= 4 is 23.9 Å². The molecule has 2 heterocycles. The smallest absolute Gasteiger partial charge is 0.434 e. The zero-order chi connectivity index (χ0) is 22.8. The zero-order valence-corrected chi connectivity index (χ0v) is 17.1. The first-order chi connectivity index (χ1) is 14.6. The second kappa shape index (κ2) is 8.52. The number of hydroxylamine groups is 2. The molecule has 1 unspecified atom stereocenters.